The highest BCUT2D eigenvalue weighted by atomic mass is 16.1. The molecule has 132 valence electrons. The van der Waals surface area contributed by atoms with Crippen LogP contribution in [0.2, 0.25) is 0 Å². The first-order chi connectivity index (χ1) is 12.3. The van der Waals surface area contributed by atoms with E-state index in [9.17, 15) is 4.79 Å². The molecule has 2 aliphatic rings. The van der Waals surface area contributed by atoms with Crippen molar-refractivity contribution >= 4 is 5.91 Å². The summed E-state index contributed by atoms with van der Waals surface area (Å²) in [5.41, 5.74) is 2.36. The van der Waals surface area contributed by atoms with Gasteiger partial charge in [0.25, 0.3) is 5.91 Å². The number of aromatic nitrogens is 2. The Morgan fingerprint density at radius 2 is 2.00 bits per heavy atom. The lowest BCUT2D eigenvalue weighted by molar-refractivity contribution is 0.0575. The Morgan fingerprint density at radius 1 is 1.16 bits per heavy atom. The number of carbonyl (C=O) groups excluding carboxylic acids is 1. The molecule has 0 saturated carbocycles. The average molecular weight is 338 g/mol. The first kappa shape index (κ1) is 16.3. The number of nitrogens with one attached hydrogen (secondary N) is 2. The summed E-state index contributed by atoms with van der Waals surface area (Å²) in [6.45, 7) is 3.23. The molecule has 2 fully saturated rings. The summed E-state index contributed by atoms with van der Waals surface area (Å²) in [7, 11) is 0. The third-order valence-electron chi connectivity index (χ3n) is 5.65. The maximum absolute atomic E-state index is 12.5. The highest BCUT2D eigenvalue weighted by Gasteiger charge is 2.33. The van der Waals surface area contributed by atoms with Crippen LogP contribution in [0.5, 0.6) is 0 Å². The second kappa shape index (κ2) is 7.40. The van der Waals surface area contributed by atoms with Crippen molar-refractivity contribution in [3.63, 3.8) is 0 Å². The Morgan fingerprint density at radius 3 is 2.88 bits per heavy atom. The van der Waals surface area contributed by atoms with Gasteiger partial charge in [0, 0.05) is 18.2 Å². The number of piperidine rings is 2. The Balaban J connectivity index is 1.37. The minimum absolute atomic E-state index is 0.0531. The van der Waals surface area contributed by atoms with Crippen molar-refractivity contribution in [1.82, 2.24) is 20.4 Å². The number of hydrogen-bond donors (Lipinski definition) is 2. The zero-order valence-corrected chi connectivity index (χ0v) is 14.6. The standard InChI is InChI=1S/C20H26N4O/c25-20(18-13-17(22-23-18)15-7-2-1-3-8-15)21-14-16-9-6-12-24-11-5-4-10-19(16)24/h1-3,7-8,13,16,19H,4-6,9-12,14H2,(H,21,25)(H,22,23)/t16-,19-/m0/s1. The molecule has 1 aromatic carbocycles. The molecular weight excluding hydrogens is 312 g/mol. The lowest BCUT2D eigenvalue weighted by Gasteiger charge is -2.44. The number of amides is 1. The van der Waals surface area contributed by atoms with Gasteiger partial charge in [-0.2, -0.15) is 5.10 Å². The summed E-state index contributed by atoms with van der Waals surface area (Å²) >= 11 is 0. The lowest BCUT2D eigenvalue weighted by atomic mass is 9.83. The molecule has 1 amide bonds. The molecule has 0 radical (unpaired) electrons. The Labute approximate surface area is 148 Å². The summed E-state index contributed by atoms with van der Waals surface area (Å²) in [6.07, 6.45) is 6.40. The molecule has 0 spiro atoms. The van der Waals surface area contributed by atoms with E-state index in [4.69, 9.17) is 0 Å². The molecular formula is C20H26N4O. The topological polar surface area (TPSA) is 61.0 Å². The largest absolute Gasteiger partial charge is 0.350 e. The van der Waals surface area contributed by atoms with E-state index in [0.29, 0.717) is 17.7 Å². The minimum Gasteiger partial charge on any atom is -0.350 e. The minimum atomic E-state index is -0.0531. The number of aromatic amines is 1. The third kappa shape index (κ3) is 3.61. The predicted molar refractivity (Wildman–Crippen MR) is 98.3 cm³/mol. The van der Waals surface area contributed by atoms with E-state index in [2.05, 4.69) is 20.4 Å². The highest BCUT2D eigenvalue weighted by Crippen LogP contribution is 2.30. The molecule has 2 aliphatic heterocycles. The Hall–Kier alpha value is -2.14. The first-order valence-electron chi connectivity index (χ1n) is 9.44. The van der Waals surface area contributed by atoms with E-state index in [1.165, 1.54) is 45.2 Å². The van der Waals surface area contributed by atoms with Crippen molar-refractivity contribution in [2.75, 3.05) is 19.6 Å². The molecule has 25 heavy (non-hydrogen) atoms. The van der Waals surface area contributed by atoms with Crippen molar-refractivity contribution in [2.24, 2.45) is 5.92 Å². The van der Waals surface area contributed by atoms with E-state index in [1.54, 1.807) is 0 Å². The van der Waals surface area contributed by atoms with Gasteiger partial charge in [-0.1, -0.05) is 36.8 Å². The van der Waals surface area contributed by atoms with Crippen molar-refractivity contribution in [1.29, 1.82) is 0 Å². The zero-order valence-electron chi connectivity index (χ0n) is 14.6. The second-order valence-corrected chi connectivity index (χ2v) is 7.24. The number of H-pyrrole nitrogens is 1. The van der Waals surface area contributed by atoms with Crippen LogP contribution in [0, 0.1) is 5.92 Å². The van der Waals surface area contributed by atoms with Crippen LogP contribution in [0.25, 0.3) is 11.3 Å². The quantitative estimate of drug-likeness (QED) is 0.901. The summed E-state index contributed by atoms with van der Waals surface area (Å²) in [5, 5.41) is 10.3. The summed E-state index contributed by atoms with van der Waals surface area (Å²) in [6, 6.07) is 12.4. The fraction of sp³-hybridized carbons (Fsp3) is 0.500. The summed E-state index contributed by atoms with van der Waals surface area (Å²) in [4.78, 5) is 15.1. The first-order valence-corrected chi connectivity index (χ1v) is 9.44. The maximum Gasteiger partial charge on any atom is 0.269 e. The van der Waals surface area contributed by atoms with Crippen LogP contribution in [-0.2, 0) is 0 Å². The fourth-order valence-corrected chi connectivity index (χ4v) is 4.33. The van der Waals surface area contributed by atoms with Gasteiger partial charge in [-0.3, -0.25) is 9.89 Å². The predicted octanol–water partition coefficient (Wildman–Crippen LogP) is 3.07. The third-order valence-corrected chi connectivity index (χ3v) is 5.65. The summed E-state index contributed by atoms with van der Waals surface area (Å²) < 4.78 is 0. The monoisotopic (exact) mass is 338 g/mol. The van der Waals surface area contributed by atoms with Crippen molar-refractivity contribution < 1.29 is 4.79 Å². The molecule has 4 rings (SSSR count). The lowest BCUT2D eigenvalue weighted by Crippen LogP contribution is -2.51. The zero-order chi connectivity index (χ0) is 17.1. The summed E-state index contributed by atoms with van der Waals surface area (Å²) in [5.74, 6) is 0.525. The number of fused-ring (bicyclic) bond motifs is 1. The Bertz CT molecular complexity index is 709. The number of benzene rings is 1. The van der Waals surface area contributed by atoms with Gasteiger partial charge in [0.2, 0.25) is 0 Å². The van der Waals surface area contributed by atoms with Gasteiger partial charge in [-0.25, -0.2) is 0 Å². The number of rotatable bonds is 4. The van der Waals surface area contributed by atoms with Crippen LogP contribution in [0.4, 0.5) is 0 Å². The van der Waals surface area contributed by atoms with E-state index in [1.807, 2.05) is 36.4 Å². The van der Waals surface area contributed by atoms with Crippen molar-refractivity contribution in [3.8, 4) is 11.3 Å². The molecule has 2 atom stereocenters. The van der Waals surface area contributed by atoms with E-state index in [-0.39, 0.29) is 5.91 Å². The molecule has 5 heteroatoms. The number of nitrogens with zero attached hydrogens (tertiary/aromatic N) is 2. The van der Waals surface area contributed by atoms with E-state index < -0.39 is 0 Å². The van der Waals surface area contributed by atoms with E-state index in [0.717, 1.165) is 17.8 Å². The molecule has 2 saturated heterocycles. The van der Waals surface area contributed by atoms with Gasteiger partial charge >= 0.3 is 0 Å². The van der Waals surface area contributed by atoms with Gasteiger partial charge in [-0.15, -0.1) is 0 Å². The SMILES string of the molecule is O=C(NC[C@@H]1CCCN2CCCC[C@@H]12)c1cc(-c2ccccc2)n[nH]1. The molecule has 2 aromatic rings. The van der Waals surface area contributed by atoms with Crippen molar-refractivity contribution in [3.05, 3.63) is 42.1 Å². The second-order valence-electron chi connectivity index (χ2n) is 7.24. The van der Waals surface area contributed by atoms with E-state index >= 15 is 0 Å². The molecule has 3 heterocycles. The van der Waals surface area contributed by atoms with Crippen LogP contribution < -0.4 is 5.32 Å². The smallest absolute Gasteiger partial charge is 0.269 e. The molecule has 0 unspecified atom stereocenters. The van der Waals surface area contributed by atoms with Crippen LogP contribution in [0.3, 0.4) is 0 Å². The maximum atomic E-state index is 12.5. The molecule has 2 N–H and O–H groups in total. The fourth-order valence-electron chi connectivity index (χ4n) is 4.33. The van der Waals surface area contributed by atoms with Gasteiger partial charge in [0.15, 0.2) is 0 Å². The molecule has 0 aliphatic carbocycles. The van der Waals surface area contributed by atoms with Crippen LogP contribution >= 0.6 is 0 Å². The van der Waals surface area contributed by atoms with Gasteiger partial charge in [0.1, 0.15) is 5.69 Å². The number of carbonyl (C=O) groups is 1. The van der Waals surface area contributed by atoms with Crippen LogP contribution in [0.15, 0.2) is 36.4 Å². The van der Waals surface area contributed by atoms with Crippen LogP contribution in [0.1, 0.15) is 42.6 Å². The normalized spacial score (nSPS) is 23.8. The Kier molecular flexibility index (Phi) is 4.83. The van der Waals surface area contributed by atoms with Gasteiger partial charge in [-0.05, 0) is 50.8 Å². The van der Waals surface area contributed by atoms with Crippen LogP contribution in [-0.4, -0.2) is 46.7 Å². The molecule has 1 aromatic heterocycles. The van der Waals surface area contributed by atoms with Crippen molar-refractivity contribution in [2.45, 2.75) is 38.1 Å². The number of hydrogen-bond acceptors (Lipinski definition) is 3. The van der Waals surface area contributed by atoms with Gasteiger partial charge in [0.05, 0.1) is 5.69 Å². The average Bonchev–Trinajstić information content (AvgIpc) is 3.17. The molecule has 0 bridgehead atoms. The molecule has 5 nitrogen and oxygen atoms in total. The highest BCUT2D eigenvalue weighted by molar-refractivity contribution is 5.93. The van der Waals surface area contributed by atoms with Gasteiger partial charge < -0.3 is 10.2 Å².